The fourth-order valence-electron chi connectivity index (χ4n) is 3.49. The Morgan fingerprint density at radius 2 is 1.82 bits per heavy atom. The highest BCUT2D eigenvalue weighted by Crippen LogP contribution is 2.31. The minimum atomic E-state index is 0.773. The number of nitrogen functional groups attached to an aromatic ring is 1. The lowest BCUT2D eigenvalue weighted by molar-refractivity contribution is 0.686. The fraction of sp³-hybridized carbons (Fsp3) is 0.316. The number of benzene rings is 1. The zero-order valence-corrected chi connectivity index (χ0v) is 13.2. The van der Waals surface area contributed by atoms with Gasteiger partial charge in [0.1, 0.15) is 0 Å². The van der Waals surface area contributed by atoms with Gasteiger partial charge in [-0.1, -0.05) is 12.1 Å². The van der Waals surface area contributed by atoms with Crippen LogP contribution in [0.25, 0.3) is 16.9 Å². The summed E-state index contributed by atoms with van der Waals surface area (Å²) in [5.41, 5.74) is 15.3. The maximum atomic E-state index is 6.21. The molecule has 3 heteroatoms. The molecule has 0 saturated carbocycles. The van der Waals surface area contributed by atoms with Gasteiger partial charge in [0, 0.05) is 17.5 Å². The zero-order chi connectivity index (χ0) is 15.3. The maximum absolute atomic E-state index is 6.21. The molecule has 1 aliphatic carbocycles. The molecule has 112 valence electrons. The predicted octanol–water partition coefficient (Wildman–Crippen LogP) is 4.08. The number of hydrogen-bond donors (Lipinski definition) is 1. The van der Waals surface area contributed by atoms with E-state index in [9.17, 15) is 0 Å². The quantitative estimate of drug-likeness (QED) is 0.734. The van der Waals surface area contributed by atoms with Gasteiger partial charge < -0.3 is 10.1 Å². The Hall–Kier alpha value is -2.29. The number of pyridine rings is 1. The topological polar surface area (TPSA) is 43.3 Å². The van der Waals surface area contributed by atoms with E-state index in [1.807, 2.05) is 13.0 Å². The number of fused-ring (bicyclic) bond motifs is 2. The molecule has 2 heterocycles. The summed E-state index contributed by atoms with van der Waals surface area (Å²) in [7, 11) is 0. The van der Waals surface area contributed by atoms with E-state index in [4.69, 9.17) is 10.7 Å². The molecule has 0 spiro atoms. The minimum Gasteiger partial charge on any atom is -0.395 e. The van der Waals surface area contributed by atoms with E-state index in [2.05, 4.69) is 35.7 Å². The van der Waals surface area contributed by atoms with Crippen LogP contribution < -0.4 is 5.73 Å². The van der Waals surface area contributed by atoms with Gasteiger partial charge in [-0.05, 0) is 68.4 Å². The van der Waals surface area contributed by atoms with Gasteiger partial charge in [0.05, 0.1) is 11.4 Å². The van der Waals surface area contributed by atoms with E-state index in [0.717, 1.165) is 28.3 Å². The highest BCUT2D eigenvalue weighted by molar-refractivity contribution is 5.75. The third kappa shape index (κ3) is 1.92. The first-order chi connectivity index (χ1) is 10.6. The number of hydrogen-bond acceptors (Lipinski definition) is 2. The van der Waals surface area contributed by atoms with Crippen molar-refractivity contribution in [3.63, 3.8) is 0 Å². The first kappa shape index (κ1) is 13.4. The number of nitrogens with zero attached hydrogens (tertiary/aromatic N) is 2. The Balaban J connectivity index is 1.91. The van der Waals surface area contributed by atoms with Crippen LogP contribution in [0.3, 0.4) is 0 Å². The van der Waals surface area contributed by atoms with Crippen LogP contribution in [0.4, 0.5) is 5.69 Å². The second-order valence-corrected chi connectivity index (χ2v) is 6.34. The third-order valence-electron chi connectivity index (χ3n) is 4.91. The molecule has 2 aromatic heterocycles. The summed E-state index contributed by atoms with van der Waals surface area (Å²) in [6, 6.07) is 8.86. The van der Waals surface area contributed by atoms with Crippen LogP contribution in [0.5, 0.6) is 0 Å². The molecule has 3 aromatic rings. The lowest BCUT2D eigenvalue weighted by Gasteiger charge is -2.16. The molecule has 1 aliphatic rings. The molecule has 2 N–H and O–H groups in total. The molecule has 0 radical (unpaired) electrons. The standard InChI is InChI=1S/C19H21N3/c1-12-9-10-22-13(2)18(21-19(22)17(12)20)16-8-7-14-5-3-4-6-15(14)11-16/h7-11H,3-6,20H2,1-2H3. The lowest BCUT2D eigenvalue weighted by atomic mass is 9.90. The maximum Gasteiger partial charge on any atom is 0.161 e. The zero-order valence-electron chi connectivity index (χ0n) is 13.2. The van der Waals surface area contributed by atoms with Crippen LogP contribution in [0.15, 0.2) is 30.5 Å². The van der Waals surface area contributed by atoms with Gasteiger partial charge in [-0.2, -0.15) is 0 Å². The summed E-state index contributed by atoms with van der Waals surface area (Å²) < 4.78 is 2.09. The molecular formula is C19H21N3. The molecule has 0 aliphatic heterocycles. The van der Waals surface area contributed by atoms with Crippen molar-refractivity contribution in [1.29, 1.82) is 0 Å². The smallest absolute Gasteiger partial charge is 0.161 e. The molecule has 0 saturated heterocycles. The normalized spacial score (nSPS) is 14.3. The molecule has 22 heavy (non-hydrogen) atoms. The van der Waals surface area contributed by atoms with E-state index >= 15 is 0 Å². The first-order valence-electron chi connectivity index (χ1n) is 8.01. The molecule has 1 aromatic carbocycles. The summed E-state index contributed by atoms with van der Waals surface area (Å²) in [6.45, 7) is 4.14. The Labute approximate surface area is 130 Å². The lowest BCUT2D eigenvalue weighted by Crippen LogP contribution is -2.02. The number of rotatable bonds is 1. The summed E-state index contributed by atoms with van der Waals surface area (Å²) in [5, 5.41) is 0. The van der Waals surface area contributed by atoms with Gasteiger partial charge in [-0.3, -0.25) is 0 Å². The third-order valence-corrected chi connectivity index (χ3v) is 4.91. The van der Waals surface area contributed by atoms with E-state index in [1.54, 1.807) is 0 Å². The summed E-state index contributed by atoms with van der Waals surface area (Å²) >= 11 is 0. The monoisotopic (exact) mass is 291 g/mol. The van der Waals surface area contributed by atoms with Crippen molar-refractivity contribution in [2.45, 2.75) is 39.5 Å². The van der Waals surface area contributed by atoms with E-state index in [1.165, 1.54) is 42.4 Å². The van der Waals surface area contributed by atoms with Crippen molar-refractivity contribution in [1.82, 2.24) is 9.38 Å². The SMILES string of the molecule is Cc1ccn2c(C)c(-c3ccc4c(c3)CCCC4)nc2c1N. The van der Waals surface area contributed by atoms with E-state index in [0.29, 0.717) is 0 Å². The average Bonchev–Trinajstić information content (AvgIpc) is 2.88. The second kappa shape index (κ2) is 4.87. The Morgan fingerprint density at radius 3 is 2.64 bits per heavy atom. The number of imidazole rings is 1. The van der Waals surface area contributed by atoms with Crippen molar-refractivity contribution < 1.29 is 0 Å². The Bertz CT molecular complexity index is 874. The van der Waals surface area contributed by atoms with Crippen molar-refractivity contribution in [3.05, 3.63) is 52.8 Å². The van der Waals surface area contributed by atoms with Crippen molar-refractivity contribution >= 4 is 11.3 Å². The minimum absolute atomic E-state index is 0.773. The Morgan fingerprint density at radius 1 is 1.05 bits per heavy atom. The van der Waals surface area contributed by atoms with Gasteiger partial charge in [-0.25, -0.2) is 4.98 Å². The van der Waals surface area contributed by atoms with Gasteiger partial charge >= 0.3 is 0 Å². The molecule has 4 rings (SSSR count). The summed E-state index contributed by atoms with van der Waals surface area (Å²) in [4.78, 5) is 4.83. The molecule has 0 bridgehead atoms. The van der Waals surface area contributed by atoms with Gasteiger partial charge in [-0.15, -0.1) is 0 Å². The van der Waals surface area contributed by atoms with E-state index < -0.39 is 0 Å². The van der Waals surface area contributed by atoms with Crippen molar-refractivity contribution in [2.75, 3.05) is 5.73 Å². The van der Waals surface area contributed by atoms with Crippen LogP contribution in [0, 0.1) is 13.8 Å². The van der Waals surface area contributed by atoms with E-state index in [-0.39, 0.29) is 0 Å². The summed E-state index contributed by atoms with van der Waals surface area (Å²) in [6.07, 6.45) is 7.08. The molecule has 0 atom stereocenters. The van der Waals surface area contributed by atoms with Crippen LogP contribution >= 0.6 is 0 Å². The molecule has 0 fully saturated rings. The van der Waals surface area contributed by atoms with Crippen LogP contribution in [0.2, 0.25) is 0 Å². The first-order valence-corrected chi connectivity index (χ1v) is 8.01. The fourth-order valence-corrected chi connectivity index (χ4v) is 3.49. The van der Waals surface area contributed by atoms with Crippen molar-refractivity contribution in [3.8, 4) is 11.3 Å². The Kier molecular flexibility index (Phi) is 2.96. The number of nitrogens with two attached hydrogens (primary N) is 1. The van der Waals surface area contributed by atoms with Crippen LogP contribution in [0.1, 0.15) is 35.2 Å². The highest BCUT2D eigenvalue weighted by Gasteiger charge is 2.15. The molecule has 3 nitrogen and oxygen atoms in total. The average molecular weight is 291 g/mol. The molecular weight excluding hydrogens is 270 g/mol. The number of aromatic nitrogens is 2. The predicted molar refractivity (Wildman–Crippen MR) is 91.2 cm³/mol. The van der Waals surface area contributed by atoms with Gasteiger partial charge in [0.15, 0.2) is 5.65 Å². The second-order valence-electron chi connectivity index (χ2n) is 6.34. The number of aryl methyl sites for hydroxylation is 4. The van der Waals surface area contributed by atoms with Gasteiger partial charge in [0.2, 0.25) is 0 Å². The van der Waals surface area contributed by atoms with Crippen LogP contribution in [-0.2, 0) is 12.8 Å². The van der Waals surface area contributed by atoms with Crippen LogP contribution in [-0.4, -0.2) is 9.38 Å². The largest absolute Gasteiger partial charge is 0.395 e. The van der Waals surface area contributed by atoms with Gasteiger partial charge in [0.25, 0.3) is 0 Å². The highest BCUT2D eigenvalue weighted by atomic mass is 15.0. The van der Waals surface area contributed by atoms with Crippen molar-refractivity contribution in [2.24, 2.45) is 0 Å². The summed E-state index contributed by atoms with van der Waals surface area (Å²) in [5.74, 6) is 0. The molecule has 0 unspecified atom stereocenters. The number of anilines is 1. The molecule has 0 amide bonds.